The molecular weight excluding hydrogens is 324 g/mol. The molecule has 2 heterocycles. The first-order chi connectivity index (χ1) is 9.52. The van der Waals surface area contributed by atoms with E-state index >= 15 is 0 Å². The third kappa shape index (κ3) is 3.07. The van der Waals surface area contributed by atoms with E-state index in [1.807, 2.05) is 14.0 Å². The van der Waals surface area contributed by atoms with Gasteiger partial charge < -0.3 is 11.1 Å². The quantitative estimate of drug-likeness (QED) is 0.825. The third-order valence-electron chi connectivity index (χ3n) is 2.90. The van der Waals surface area contributed by atoms with Crippen molar-refractivity contribution in [1.29, 1.82) is 0 Å². The molecule has 3 N–H and O–H groups in total. The van der Waals surface area contributed by atoms with Crippen molar-refractivity contribution in [3.8, 4) is 0 Å². The van der Waals surface area contributed by atoms with Gasteiger partial charge in [-0.2, -0.15) is 10.2 Å². The second-order valence-corrected chi connectivity index (χ2v) is 5.22. The maximum Gasteiger partial charge on any atom is 0.269 e. The Morgan fingerprint density at radius 2 is 2.25 bits per heavy atom. The van der Waals surface area contributed by atoms with Crippen molar-refractivity contribution in [2.24, 2.45) is 12.8 Å². The molecule has 0 aliphatic carbocycles. The van der Waals surface area contributed by atoms with Crippen LogP contribution in [0.4, 0.5) is 5.69 Å². The predicted octanol–water partition coefficient (Wildman–Crippen LogP) is 0.467. The number of hydrogen-bond acceptors (Lipinski definition) is 5. The van der Waals surface area contributed by atoms with Crippen LogP contribution in [0.1, 0.15) is 11.4 Å². The van der Waals surface area contributed by atoms with E-state index < -0.39 is 0 Å². The first kappa shape index (κ1) is 14.7. The van der Waals surface area contributed by atoms with Gasteiger partial charge in [-0.25, -0.2) is 4.68 Å². The number of rotatable bonds is 5. The van der Waals surface area contributed by atoms with Gasteiger partial charge in [-0.15, -0.1) is 0 Å². The van der Waals surface area contributed by atoms with Crippen molar-refractivity contribution >= 4 is 21.6 Å². The van der Waals surface area contributed by atoms with Crippen LogP contribution in [0.15, 0.2) is 21.5 Å². The summed E-state index contributed by atoms with van der Waals surface area (Å²) in [5.74, 6) is 0. The average molecular weight is 341 g/mol. The lowest BCUT2D eigenvalue weighted by Crippen LogP contribution is -2.25. The molecule has 8 heteroatoms. The predicted molar refractivity (Wildman–Crippen MR) is 80.8 cm³/mol. The number of anilines is 1. The minimum absolute atomic E-state index is 0.169. The van der Waals surface area contributed by atoms with E-state index in [9.17, 15) is 4.79 Å². The summed E-state index contributed by atoms with van der Waals surface area (Å²) in [6, 6.07) is 1.51. The average Bonchev–Trinajstić information content (AvgIpc) is 2.65. The second-order valence-electron chi connectivity index (χ2n) is 4.43. The number of nitrogens with one attached hydrogen (secondary N) is 1. The highest BCUT2D eigenvalue weighted by Gasteiger charge is 2.12. The maximum atomic E-state index is 12.0. The van der Waals surface area contributed by atoms with Crippen LogP contribution in [0.5, 0.6) is 0 Å². The SMILES string of the molecule is Cc1nn(C)c(Cn2ncc(NCCN)cc2=O)c1Br. The molecule has 20 heavy (non-hydrogen) atoms. The van der Waals surface area contributed by atoms with Crippen LogP contribution in [-0.2, 0) is 13.6 Å². The first-order valence-corrected chi connectivity index (χ1v) is 7.01. The standard InChI is InChI=1S/C12H17BrN6O/c1-8-12(13)10(18(2)17-8)7-19-11(20)5-9(6-16-19)15-4-3-14/h5-6,15H,3-4,7,14H2,1-2H3. The Hall–Kier alpha value is -1.67. The Morgan fingerprint density at radius 3 is 2.80 bits per heavy atom. The highest BCUT2D eigenvalue weighted by Crippen LogP contribution is 2.20. The molecule has 0 amide bonds. The summed E-state index contributed by atoms with van der Waals surface area (Å²) in [4.78, 5) is 12.0. The number of hydrogen-bond donors (Lipinski definition) is 2. The van der Waals surface area contributed by atoms with Gasteiger partial charge in [0.25, 0.3) is 5.56 Å². The molecule has 0 radical (unpaired) electrons. The Morgan fingerprint density at radius 1 is 1.50 bits per heavy atom. The second kappa shape index (κ2) is 6.19. The third-order valence-corrected chi connectivity index (χ3v) is 3.94. The van der Waals surface area contributed by atoms with Gasteiger partial charge in [0, 0.05) is 26.2 Å². The van der Waals surface area contributed by atoms with Gasteiger partial charge >= 0.3 is 0 Å². The molecule has 2 aromatic rings. The fourth-order valence-corrected chi connectivity index (χ4v) is 2.32. The number of aryl methyl sites for hydroxylation is 2. The number of halogens is 1. The van der Waals surface area contributed by atoms with Crippen molar-refractivity contribution in [2.45, 2.75) is 13.5 Å². The van der Waals surface area contributed by atoms with Crippen molar-refractivity contribution in [3.05, 3.63) is 38.5 Å². The molecule has 0 saturated carbocycles. The van der Waals surface area contributed by atoms with E-state index in [-0.39, 0.29) is 5.56 Å². The lowest BCUT2D eigenvalue weighted by atomic mass is 10.3. The molecule has 0 aliphatic heterocycles. The summed E-state index contributed by atoms with van der Waals surface area (Å²) in [6.45, 7) is 3.39. The molecule has 108 valence electrons. The van der Waals surface area contributed by atoms with Gasteiger partial charge in [-0.1, -0.05) is 0 Å². The highest BCUT2D eigenvalue weighted by molar-refractivity contribution is 9.10. The van der Waals surface area contributed by atoms with E-state index in [1.165, 1.54) is 10.7 Å². The molecule has 0 fully saturated rings. The van der Waals surface area contributed by atoms with E-state index in [4.69, 9.17) is 5.73 Å². The van der Waals surface area contributed by atoms with Crippen LogP contribution < -0.4 is 16.6 Å². The van der Waals surface area contributed by atoms with Gasteiger partial charge in [0.2, 0.25) is 0 Å². The van der Waals surface area contributed by atoms with Crippen LogP contribution in [0.3, 0.4) is 0 Å². The monoisotopic (exact) mass is 340 g/mol. The minimum Gasteiger partial charge on any atom is -0.382 e. The summed E-state index contributed by atoms with van der Waals surface area (Å²) in [7, 11) is 1.84. The van der Waals surface area contributed by atoms with Crippen molar-refractivity contribution in [3.63, 3.8) is 0 Å². The normalized spacial score (nSPS) is 10.8. The van der Waals surface area contributed by atoms with E-state index in [0.29, 0.717) is 25.3 Å². The van der Waals surface area contributed by atoms with Crippen LogP contribution in [0.2, 0.25) is 0 Å². The van der Waals surface area contributed by atoms with Gasteiger partial charge in [0.1, 0.15) is 0 Å². The molecule has 2 aromatic heterocycles. The van der Waals surface area contributed by atoms with Crippen LogP contribution >= 0.6 is 15.9 Å². The lowest BCUT2D eigenvalue weighted by molar-refractivity contribution is 0.589. The summed E-state index contributed by atoms with van der Waals surface area (Å²) in [6.07, 6.45) is 1.62. The molecule has 2 rings (SSSR count). The summed E-state index contributed by atoms with van der Waals surface area (Å²) in [5.41, 5.74) is 7.70. The van der Waals surface area contributed by atoms with Crippen LogP contribution in [-0.4, -0.2) is 32.7 Å². The maximum absolute atomic E-state index is 12.0. The van der Waals surface area contributed by atoms with E-state index in [1.54, 1.807) is 10.9 Å². The Kier molecular flexibility index (Phi) is 4.56. The van der Waals surface area contributed by atoms with Gasteiger partial charge in [0.05, 0.1) is 34.3 Å². The van der Waals surface area contributed by atoms with Crippen molar-refractivity contribution in [2.75, 3.05) is 18.4 Å². The smallest absolute Gasteiger partial charge is 0.269 e. The highest BCUT2D eigenvalue weighted by atomic mass is 79.9. The fraction of sp³-hybridized carbons (Fsp3) is 0.417. The summed E-state index contributed by atoms with van der Waals surface area (Å²) >= 11 is 3.48. The molecule has 0 bridgehead atoms. The Balaban J connectivity index is 2.24. The zero-order valence-corrected chi connectivity index (χ0v) is 13.0. The summed E-state index contributed by atoms with van der Waals surface area (Å²) < 4.78 is 4.04. The molecule has 0 saturated heterocycles. The molecule has 0 atom stereocenters. The fourth-order valence-electron chi connectivity index (χ4n) is 1.86. The van der Waals surface area contributed by atoms with Gasteiger partial charge in [0.15, 0.2) is 0 Å². The lowest BCUT2D eigenvalue weighted by Gasteiger charge is -2.08. The molecule has 0 aromatic carbocycles. The van der Waals surface area contributed by atoms with Crippen molar-refractivity contribution < 1.29 is 0 Å². The first-order valence-electron chi connectivity index (χ1n) is 6.22. The number of nitrogens with two attached hydrogens (primary N) is 1. The van der Waals surface area contributed by atoms with Crippen LogP contribution in [0, 0.1) is 6.92 Å². The molecule has 0 aliphatic rings. The van der Waals surface area contributed by atoms with E-state index in [0.717, 1.165) is 15.9 Å². The minimum atomic E-state index is -0.169. The molecule has 7 nitrogen and oxygen atoms in total. The Labute approximate surface area is 124 Å². The number of aromatic nitrogens is 4. The number of nitrogens with zero attached hydrogens (tertiary/aromatic N) is 4. The molecule has 0 unspecified atom stereocenters. The summed E-state index contributed by atoms with van der Waals surface area (Å²) in [5, 5.41) is 11.5. The van der Waals surface area contributed by atoms with Gasteiger partial charge in [-0.3, -0.25) is 9.48 Å². The Bertz CT molecular complexity index is 662. The topological polar surface area (TPSA) is 90.8 Å². The van der Waals surface area contributed by atoms with E-state index in [2.05, 4.69) is 31.4 Å². The molecular formula is C12H17BrN6O. The molecule has 0 spiro atoms. The zero-order chi connectivity index (χ0) is 14.7. The van der Waals surface area contributed by atoms with Gasteiger partial charge in [-0.05, 0) is 22.9 Å². The van der Waals surface area contributed by atoms with Crippen molar-refractivity contribution in [1.82, 2.24) is 19.6 Å². The van der Waals surface area contributed by atoms with Crippen LogP contribution in [0.25, 0.3) is 0 Å². The zero-order valence-electron chi connectivity index (χ0n) is 11.4. The largest absolute Gasteiger partial charge is 0.382 e.